The van der Waals surface area contributed by atoms with Crippen molar-refractivity contribution in [3.8, 4) is 6.07 Å². The minimum absolute atomic E-state index is 0.584. The molecule has 0 spiro atoms. The van der Waals surface area contributed by atoms with Crippen molar-refractivity contribution in [2.45, 2.75) is 12.8 Å². The maximum absolute atomic E-state index is 8.36. The Labute approximate surface area is 76.6 Å². The van der Waals surface area contributed by atoms with Gasteiger partial charge >= 0.3 is 0 Å². The fraction of sp³-hybridized carbons (Fsp3) is 0.714. The summed E-state index contributed by atoms with van der Waals surface area (Å²) in [5, 5.41) is 8.36. The molecule has 0 saturated carbocycles. The Kier molecular flexibility index (Phi) is 3.67. The van der Waals surface area contributed by atoms with E-state index in [1.165, 1.54) is 6.42 Å². The summed E-state index contributed by atoms with van der Waals surface area (Å²) in [6.45, 7) is 1.84. The third kappa shape index (κ3) is 2.68. The Morgan fingerprint density at radius 3 is 3.18 bits per heavy atom. The van der Waals surface area contributed by atoms with Gasteiger partial charge in [0.05, 0.1) is 12.5 Å². The maximum atomic E-state index is 8.36. The molecule has 11 heavy (non-hydrogen) atoms. The standard InChI is InChI=1S/C7H10N2S2/c8-3-1-4-9-5-2-6-11-7(9)10/h1-2,4-6H2. The summed E-state index contributed by atoms with van der Waals surface area (Å²) in [6.07, 6.45) is 1.77. The summed E-state index contributed by atoms with van der Waals surface area (Å²) < 4.78 is 0.964. The first kappa shape index (κ1) is 8.82. The Morgan fingerprint density at radius 2 is 2.55 bits per heavy atom. The van der Waals surface area contributed by atoms with Crippen LogP contribution in [-0.4, -0.2) is 28.1 Å². The molecule has 0 bridgehead atoms. The second kappa shape index (κ2) is 4.58. The molecular formula is C7H10N2S2. The number of thiocarbonyl (C=S) groups is 1. The zero-order chi connectivity index (χ0) is 8.10. The molecule has 1 saturated heterocycles. The van der Waals surface area contributed by atoms with Crippen LogP contribution >= 0.6 is 24.0 Å². The first-order chi connectivity index (χ1) is 5.34. The van der Waals surface area contributed by atoms with Crippen molar-refractivity contribution in [1.29, 1.82) is 5.26 Å². The van der Waals surface area contributed by atoms with Gasteiger partial charge in [-0.25, -0.2) is 0 Å². The summed E-state index contributed by atoms with van der Waals surface area (Å²) in [5.41, 5.74) is 0. The number of nitrogens with zero attached hydrogens (tertiary/aromatic N) is 2. The van der Waals surface area contributed by atoms with E-state index in [-0.39, 0.29) is 0 Å². The molecule has 1 fully saturated rings. The molecule has 0 aromatic carbocycles. The zero-order valence-electron chi connectivity index (χ0n) is 6.25. The monoisotopic (exact) mass is 186 g/mol. The summed E-state index contributed by atoms with van der Waals surface area (Å²) in [7, 11) is 0. The van der Waals surface area contributed by atoms with Gasteiger partial charge in [0.2, 0.25) is 0 Å². The van der Waals surface area contributed by atoms with Crippen molar-refractivity contribution in [3.05, 3.63) is 0 Å². The summed E-state index contributed by atoms with van der Waals surface area (Å²) in [6, 6.07) is 2.12. The summed E-state index contributed by atoms with van der Waals surface area (Å²) in [4.78, 5) is 2.12. The minimum Gasteiger partial charge on any atom is -0.356 e. The van der Waals surface area contributed by atoms with Crippen LogP contribution in [0.25, 0.3) is 0 Å². The van der Waals surface area contributed by atoms with Gasteiger partial charge < -0.3 is 4.90 Å². The van der Waals surface area contributed by atoms with Crippen LogP contribution in [0.5, 0.6) is 0 Å². The first-order valence-electron chi connectivity index (χ1n) is 3.63. The normalized spacial score (nSPS) is 18.1. The van der Waals surface area contributed by atoms with Crippen molar-refractivity contribution in [3.63, 3.8) is 0 Å². The average Bonchev–Trinajstić information content (AvgIpc) is 2.03. The van der Waals surface area contributed by atoms with Gasteiger partial charge in [-0.05, 0) is 6.42 Å². The van der Waals surface area contributed by atoms with Crippen LogP contribution in [0.3, 0.4) is 0 Å². The van der Waals surface area contributed by atoms with Gasteiger partial charge in [-0.2, -0.15) is 5.26 Å². The SMILES string of the molecule is N#CCCN1CCCSC1=S. The van der Waals surface area contributed by atoms with Gasteiger partial charge in [-0.15, -0.1) is 0 Å². The molecule has 1 rings (SSSR count). The summed E-state index contributed by atoms with van der Waals surface area (Å²) in [5.74, 6) is 1.14. The molecule has 0 aromatic heterocycles. The van der Waals surface area contributed by atoms with Crippen molar-refractivity contribution < 1.29 is 0 Å². The smallest absolute Gasteiger partial charge is 0.136 e. The van der Waals surface area contributed by atoms with Gasteiger partial charge in [-0.1, -0.05) is 24.0 Å². The fourth-order valence-corrected chi connectivity index (χ4v) is 2.23. The molecule has 1 aliphatic rings. The molecule has 0 atom stereocenters. The van der Waals surface area contributed by atoms with E-state index >= 15 is 0 Å². The van der Waals surface area contributed by atoms with Crippen LogP contribution < -0.4 is 0 Å². The van der Waals surface area contributed by atoms with Crippen LogP contribution in [0.4, 0.5) is 0 Å². The fourth-order valence-electron chi connectivity index (χ4n) is 0.986. The lowest BCUT2D eigenvalue weighted by Gasteiger charge is -2.27. The zero-order valence-corrected chi connectivity index (χ0v) is 7.88. The number of hydrogen-bond donors (Lipinski definition) is 0. The third-order valence-corrected chi connectivity index (χ3v) is 3.16. The Balaban J connectivity index is 2.31. The number of nitriles is 1. The molecule has 1 aliphatic heterocycles. The van der Waals surface area contributed by atoms with Gasteiger partial charge in [0.25, 0.3) is 0 Å². The van der Waals surface area contributed by atoms with E-state index in [4.69, 9.17) is 17.5 Å². The van der Waals surface area contributed by atoms with E-state index in [2.05, 4.69) is 11.0 Å². The highest BCUT2D eigenvalue weighted by Crippen LogP contribution is 2.17. The van der Waals surface area contributed by atoms with Crippen LogP contribution in [0.1, 0.15) is 12.8 Å². The molecule has 0 unspecified atom stereocenters. The lowest BCUT2D eigenvalue weighted by atomic mass is 10.4. The molecule has 1 heterocycles. The molecule has 0 N–H and O–H groups in total. The average molecular weight is 186 g/mol. The quantitative estimate of drug-likeness (QED) is 0.612. The first-order valence-corrected chi connectivity index (χ1v) is 5.02. The van der Waals surface area contributed by atoms with Gasteiger partial charge in [0, 0.05) is 18.8 Å². The van der Waals surface area contributed by atoms with Crippen LogP contribution in [0.2, 0.25) is 0 Å². The van der Waals surface area contributed by atoms with Gasteiger partial charge in [-0.3, -0.25) is 0 Å². The predicted octanol–water partition coefficient (Wildman–Crippen LogP) is 1.62. The molecule has 0 amide bonds. The molecule has 0 aromatic rings. The second-order valence-electron chi connectivity index (χ2n) is 2.36. The lowest BCUT2D eigenvalue weighted by Crippen LogP contribution is -2.33. The molecule has 4 heteroatoms. The van der Waals surface area contributed by atoms with E-state index in [1.54, 1.807) is 11.8 Å². The maximum Gasteiger partial charge on any atom is 0.136 e. The van der Waals surface area contributed by atoms with Crippen LogP contribution in [-0.2, 0) is 0 Å². The Hall–Kier alpha value is -0.270. The predicted molar refractivity (Wildman–Crippen MR) is 51.5 cm³/mol. The molecule has 0 aliphatic carbocycles. The highest BCUT2D eigenvalue weighted by Gasteiger charge is 2.13. The highest BCUT2D eigenvalue weighted by atomic mass is 32.2. The van der Waals surface area contributed by atoms with E-state index < -0.39 is 0 Å². The van der Waals surface area contributed by atoms with Crippen LogP contribution in [0.15, 0.2) is 0 Å². The van der Waals surface area contributed by atoms with E-state index in [1.807, 2.05) is 0 Å². The van der Waals surface area contributed by atoms with E-state index in [0.29, 0.717) is 6.42 Å². The van der Waals surface area contributed by atoms with E-state index in [9.17, 15) is 0 Å². The minimum atomic E-state index is 0.584. The van der Waals surface area contributed by atoms with Crippen molar-refractivity contribution >= 4 is 28.3 Å². The molecule has 0 radical (unpaired) electrons. The number of hydrogen-bond acceptors (Lipinski definition) is 3. The Bertz CT molecular complexity index is 185. The van der Waals surface area contributed by atoms with Gasteiger partial charge in [0.15, 0.2) is 0 Å². The van der Waals surface area contributed by atoms with Crippen molar-refractivity contribution in [1.82, 2.24) is 4.90 Å². The topological polar surface area (TPSA) is 27.0 Å². The molecule has 2 nitrogen and oxygen atoms in total. The second-order valence-corrected chi connectivity index (χ2v) is 4.09. The summed E-state index contributed by atoms with van der Waals surface area (Å²) >= 11 is 6.84. The highest BCUT2D eigenvalue weighted by molar-refractivity contribution is 8.22. The third-order valence-electron chi connectivity index (χ3n) is 1.55. The number of rotatable bonds is 2. The molecular weight excluding hydrogens is 176 g/mol. The van der Waals surface area contributed by atoms with Crippen molar-refractivity contribution in [2.75, 3.05) is 18.8 Å². The molecule has 60 valence electrons. The van der Waals surface area contributed by atoms with Gasteiger partial charge in [0.1, 0.15) is 4.32 Å². The largest absolute Gasteiger partial charge is 0.356 e. The lowest BCUT2D eigenvalue weighted by molar-refractivity contribution is 0.437. The van der Waals surface area contributed by atoms with E-state index in [0.717, 1.165) is 23.2 Å². The van der Waals surface area contributed by atoms with Crippen molar-refractivity contribution in [2.24, 2.45) is 0 Å². The number of thioether (sulfide) groups is 1. The van der Waals surface area contributed by atoms with Crippen LogP contribution in [0, 0.1) is 11.3 Å². The Morgan fingerprint density at radius 1 is 1.73 bits per heavy atom.